The maximum atomic E-state index is 12.8. The number of ketones is 1. The number of methoxy groups -OCH3 is 1. The lowest BCUT2D eigenvalue weighted by Crippen LogP contribution is -2.52. The van der Waals surface area contributed by atoms with Gasteiger partial charge in [-0.1, -0.05) is 31.0 Å². The molecule has 41 heavy (non-hydrogen) atoms. The van der Waals surface area contributed by atoms with Gasteiger partial charge in [-0.05, 0) is 43.0 Å². The molecule has 0 unspecified atom stereocenters. The number of halogens is 1. The van der Waals surface area contributed by atoms with Crippen molar-refractivity contribution in [2.75, 3.05) is 40.0 Å². The molecular formula is C31H36ClN3O6. The fraction of sp³-hybridized carbons (Fsp3) is 0.484. The monoisotopic (exact) mass is 581 g/mol. The van der Waals surface area contributed by atoms with Crippen molar-refractivity contribution in [1.29, 1.82) is 0 Å². The van der Waals surface area contributed by atoms with Crippen LogP contribution in [-0.4, -0.2) is 66.6 Å². The molecular weight excluding hydrogens is 546 g/mol. The number of hydrogen-bond acceptors (Lipinski definition) is 8. The van der Waals surface area contributed by atoms with E-state index in [2.05, 4.69) is 16.9 Å². The first-order valence-electron chi connectivity index (χ1n) is 14.2. The van der Waals surface area contributed by atoms with Crippen LogP contribution < -0.4 is 14.2 Å². The largest absolute Gasteiger partial charge is 0.493 e. The van der Waals surface area contributed by atoms with E-state index >= 15 is 0 Å². The zero-order valence-corrected chi connectivity index (χ0v) is 24.4. The molecule has 10 heteroatoms. The molecule has 2 aromatic carbocycles. The number of rotatable bonds is 12. The van der Waals surface area contributed by atoms with Gasteiger partial charge in [-0.2, -0.15) is 0 Å². The van der Waals surface area contributed by atoms with Crippen LogP contribution in [0.3, 0.4) is 0 Å². The first-order valence-corrected chi connectivity index (χ1v) is 14.6. The first kappa shape index (κ1) is 29.1. The second-order valence-corrected chi connectivity index (χ2v) is 11.3. The SMILES string of the molecule is CCCCC(=O)Cc1ccc(Oc2ncnc3cc(OCCC(=O)N4CCC5(CC4)COC5)c(OC)cc23)cc1Cl. The molecule has 2 saturated heterocycles. The van der Waals surface area contributed by atoms with Crippen molar-refractivity contribution in [2.24, 2.45) is 5.41 Å². The molecule has 0 bridgehead atoms. The Hall–Kier alpha value is -3.43. The highest BCUT2D eigenvalue weighted by Crippen LogP contribution is 2.39. The fourth-order valence-electron chi connectivity index (χ4n) is 5.23. The lowest BCUT2D eigenvalue weighted by Gasteiger charge is -2.47. The number of unbranched alkanes of at least 4 members (excludes halogenated alkanes) is 1. The van der Waals surface area contributed by atoms with E-state index in [4.69, 9.17) is 30.5 Å². The van der Waals surface area contributed by atoms with Crippen molar-refractivity contribution in [1.82, 2.24) is 14.9 Å². The molecule has 0 aliphatic carbocycles. The number of ether oxygens (including phenoxy) is 4. The molecule has 1 amide bonds. The molecule has 5 rings (SSSR count). The third-order valence-corrected chi connectivity index (χ3v) is 8.24. The van der Waals surface area contributed by atoms with Crippen LogP contribution in [0.5, 0.6) is 23.1 Å². The van der Waals surface area contributed by atoms with Crippen molar-refractivity contribution in [3.05, 3.63) is 47.2 Å². The van der Waals surface area contributed by atoms with Gasteiger partial charge in [0.25, 0.3) is 0 Å². The Morgan fingerprint density at radius 3 is 2.56 bits per heavy atom. The summed E-state index contributed by atoms with van der Waals surface area (Å²) in [5.74, 6) is 2.05. The molecule has 2 aliphatic rings. The molecule has 2 fully saturated rings. The maximum absolute atomic E-state index is 12.8. The van der Waals surface area contributed by atoms with Gasteiger partial charge in [-0.25, -0.2) is 9.97 Å². The van der Waals surface area contributed by atoms with Crippen molar-refractivity contribution < 1.29 is 28.5 Å². The summed E-state index contributed by atoms with van der Waals surface area (Å²) in [4.78, 5) is 35.5. The second kappa shape index (κ2) is 13.0. The average molecular weight is 582 g/mol. The molecule has 9 nitrogen and oxygen atoms in total. The van der Waals surface area contributed by atoms with E-state index in [0.717, 1.165) is 57.6 Å². The number of amides is 1. The molecule has 218 valence electrons. The summed E-state index contributed by atoms with van der Waals surface area (Å²) in [6, 6.07) is 8.78. The predicted molar refractivity (Wildman–Crippen MR) is 155 cm³/mol. The first-order chi connectivity index (χ1) is 19.9. The molecule has 3 aromatic rings. The number of fused-ring (bicyclic) bond motifs is 1. The topological polar surface area (TPSA) is 100 Å². The summed E-state index contributed by atoms with van der Waals surface area (Å²) >= 11 is 6.47. The van der Waals surface area contributed by atoms with Gasteiger partial charge in [0.15, 0.2) is 11.5 Å². The molecule has 0 saturated carbocycles. The van der Waals surface area contributed by atoms with Crippen LogP contribution in [-0.2, 0) is 20.7 Å². The number of benzene rings is 2. The molecule has 0 radical (unpaired) electrons. The number of piperidine rings is 1. The molecule has 2 aliphatic heterocycles. The number of nitrogens with zero attached hydrogens (tertiary/aromatic N) is 3. The maximum Gasteiger partial charge on any atom is 0.230 e. The van der Waals surface area contributed by atoms with Gasteiger partial charge in [0.2, 0.25) is 11.8 Å². The Balaban J connectivity index is 1.22. The summed E-state index contributed by atoms with van der Waals surface area (Å²) in [6.45, 7) is 5.46. The van der Waals surface area contributed by atoms with E-state index in [9.17, 15) is 9.59 Å². The summed E-state index contributed by atoms with van der Waals surface area (Å²) in [7, 11) is 1.55. The zero-order chi connectivity index (χ0) is 28.8. The summed E-state index contributed by atoms with van der Waals surface area (Å²) in [5, 5.41) is 1.10. The minimum atomic E-state index is 0.0906. The van der Waals surface area contributed by atoms with Crippen molar-refractivity contribution >= 4 is 34.2 Å². The number of Topliss-reactive ketones (excluding diaryl/α,β-unsaturated/α-hetero) is 1. The van der Waals surface area contributed by atoms with Crippen LogP contribution in [0.4, 0.5) is 0 Å². The third-order valence-electron chi connectivity index (χ3n) is 7.89. The normalized spacial score (nSPS) is 15.9. The van der Waals surface area contributed by atoms with Crippen LogP contribution in [0.25, 0.3) is 10.9 Å². The van der Waals surface area contributed by atoms with Gasteiger partial charge < -0.3 is 23.8 Å². The molecule has 1 aromatic heterocycles. The Morgan fingerprint density at radius 1 is 1.07 bits per heavy atom. The molecule has 3 heterocycles. The highest BCUT2D eigenvalue weighted by molar-refractivity contribution is 6.31. The number of likely N-dealkylation sites (tertiary alicyclic amines) is 1. The van der Waals surface area contributed by atoms with Gasteiger partial charge in [0.1, 0.15) is 17.9 Å². The van der Waals surface area contributed by atoms with E-state index in [1.807, 2.05) is 11.0 Å². The lowest BCUT2D eigenvalue weighted by molar-refractivity contribution is -0.153. The van der Waals surface area contributed by atoms with E-state index in [-0.39, 0.29) is 24.7 Å². The van der Waals surface area contributed by atoms with Gasteiger partial charge in [0.05, 0.1) is 44.3 Å². The van der Waals surface area contributed by atoms with E-state index in [1.165, 1.54) is 6.33 Å². The van der Waals surface area contributed by atoms with E-state index in [0.29, 0.717) is 57.3 Å². The Kier molecular flexibility index (Phi) is 9.25. The van der Waals surface area contributed by atoms with Gasteiger partial charge in [-0.15, -0.1) is 0 Å². The second-order valence-electron chi connectivity index (χ2n) is 10.8. The standard InChI is InChI=1S/C31H36ClN3O6/c1-3-4-5-22(36)14-21-6-7-23(15-25(21)32)41-30-24-16-27(38-2)28(17-26(24)33-20-34-30)40-13-8-29(37)35-11-9-31(10-12-35)18-39-19-31/h6-7,15-17,20H,3-5,8-14,18-19H2,1-2H3. The minimum Gasteiger partial charge on any atom is -0.493 e. The fourth-order valence-corrected chi connectivity index (χ4v) is 5.47. The lowest BCUT2D eigenvalue weighted by atomic mass is 9.77. The molecule has 0 atom stereocenters. The third kappa shape index (κ3) is 6.90. The molecule has 0 N–H and O–H groups in total. The van der Waals surface area contributed by atoms with Crippen LogP contribution in [0.15, 0.2) is 36.7 Å². The van der Waals surface area contributed by atoms with Gasteiger partial charge in [0, 0.05) is 42.4 Å². The quantitative estimate of drug-likeness (QED) is 0.265. The Bertz CT molecular complexity index is 1400. The van der Waals surface area contributed by atoms with Crippen LogP contribution in [0.1, 0.15) is 51.0 Å². The Morgan fingerprint density at radius 2 is 1.88 bits per heavy atom. The number of carbonyl (C=O) groups excluding carboxylic acids is 2. The van der Waals surface area contributed by atoms with Crippen LogP contribution in [0, 0.1) is 5.41 Å². The summed E-state index contributed by atoms with van der Waals surface area (Å²) < 4.78 is 23.0. The average Bonchev–Trinajstić information content (AvgIpc) is 2.96. The van der Waals surface area contributed by atoms with Crippen LogP contribution >= 0.6 is 11.6 Å². The summed E-state index contributed by atoms with van der Waals surface area (Å²) in [6.07, 6.45) is 6.40. The zero-order valence-electron chi connectivity index (χ0n) is 23.6. The highest BCUT2D eigenvalue weighted by Gasteiger charge is 2.41. The van der Waals surface area contributed by atoms with Crippen LogP contribution in [0.2, 0.25) is 5.02 Å². The minimum absolute atomic E-state index is 0.0906. The van der Waals surface area contributed by atoms with E-state index in [1.54, 1.807) is 31.4 Å². The molecule has 1 spiro atoms. The van der Waals surface area contributed by atoms with Gasteiger partial charge in [-0.3, -0.25) is 9.59 Å². The Labute approximate surface area is 245 Å². The highest BCUT2D eigenvalue weighted by atomic mass is 35.5. The van der Waals surface area contributed by atoms with Gasteiger partial charge >= 0.3 is 0 Å². The summed E-state index contributed by atoms with van der Waals surface area (Å²) in [5.41, 5.74) is 1.66. The van der Waals surface area contributed by atoms with Crippen molar-refractivity contribution in [3.8, 4) is 23.1 Å². The number of hydrogen-bond donors (Lipinski definition) is 0. The smallest absolute Gasteiger partial charge is 0.230 e. The van der Waals surface area contributed by atoms with Crippen molar-refractivity contribution in [3.63, 3.8) is 0 Å². The predicted octanol–water partition coefficient (Wildman–Crippen LogP) is 5.79. The van der Waals surface area contributed by atoms with Crippen molar-refractivity contribution in [2.45, 2.75) is 51.9 Å². The number of carbonyl (C=O) groups is 2. The number of aromatic nitrogens is 2. The van der Waals surface area contributed by atoms with E-state index < -0.39 is 0 Å².